The summed E-state index contributed by atoms with van der Waals surface area (Å²) in [7, 11) is -3.76. The van der Waals surface area contributed by atoms with Gasteiger partial charge in [0.05, 0.1) is 15.3 Å². The van der Waals surface area contributed by atoms with E-state index < -0.39 is 20.7 Å². The normalized spacial score (nSPS) is 15.7. The Morgan fingerprint density at radius 3 is 2.59 bits per heavy atom. The molecule has 12 heteroatoms. The maximum absolute atomic E-state index is 13.0. The number of aryl methyl sites for hydroxylation is 1. The number of benzene rings is 1. The molecule has 1 aromatic carbocycles. The molecule has 3 aromatic rings. The van der Waals surface area contributed by atoms with Gasteiger partial charge < -0.3 is 9.32 Å². The molecule has 1 saturated heterocycles. The number of rotatable bonds is 4. The molecule has 0 aliphatic carbocycles. The number of sulfonamides is 1. The molecule has 1 fully saturated rings. The first-order valence-corrected chi connectivity index (χ1v) is 10.2. The fourth-order valence-electron chi connectivity index (χ4n) is 3.36. The lowest BCUT2D eigenvalue weighted by Crippen LogP contribution is -2.49. The summed E-state index contributed by atoms with van der Waals surface area (Å²) in [6.07, 6.45) is 1.20. The Balaban J connectivity index is 1.52. The SMILES string of the molecule is Cc1cc([N+](=O)[O-])cnc1N1CCN(S(=O)(=O)c2ccc3[nH]c(=O)oc3c2)CC1. The standard InChI is InChI=1S/C17H17N5O6S/c1-11-8-12(22(24)25)10-18-16(11)20-4-6-21(7-5-20)29(26,27)13-2-3-14-15(9-13)28-17(23)19-14/h2-3,8-10H,4-7H2,1H3,(H,19,23). The zero-order valence-corrected chi connectivity index (χ0v) is 16.2. The molecule has 0 spiro atoms. The van der Waals surface area contributed by atoms with Crippen molar-refractivity contribution in [3.63, 3.8) is 0 Å². The Morgan fingerprint density at radius 1 is 1.21 bits per heavy atom. The Kier molecular flexibility index (Phi) is 4.59. The number of H-pyrrole nitrogens is 1. The minimum absolute atomic E-state index is 0.0471. The molecular formula is C17H17N5O6S. The molecule has 11 nitrogen and oxygen atoms in total. The van der Waals surface area contributed by atoms with Gasteiger partial charge in [0.25, 0.3) is 5.69 Å². The average molecular weight is 419 g/mol. The number of fused-ring (bicyclic) bond motifs is 1. The van der Waals surface area contributed by atoms with Gasteiger partial charge in [0.2, 0.25) is 10.0 Å². The van der Waals surface area contributed by atoms with Crippen molar-refractivity contribution in [1.29, 1.82) is 0 Å². The lowest BCUT2D eigenvalue weighted by Gasteiger charge is -2.35. The monoisotopic (exact) mass is 419 g/mol. The molecule has 0 atom stereocenters. The largest absolute Gasteiger partial charge is 0.417 e. The number of nitrogens with zero attached hydrogens (tertiary/aromatic N) is 4. The van der Waals surface area contributed by atoms with Crippen LogP contribution in [0.2, 0.25) is 0 Å². The molecule has 0 bridgehead atoms. The second-order valence-electron chi connectivity index (χ2n) is 6.65. The first-order chi connectivity index (χ1) is 13.8. The van der Waals surface area contributed by atoms with Crippen LogP contribution >= 0.6 is 0 Å². The number of pyridine rings is 1. The Morgan fingerprint density at radius 2 is 1.93 bits per heavy atom. The molecule has 0 amide bonds. The van der Waals surface area contributed by atoms with Crippen LogP contribution in [0.15, 0.2) is 44.6 Å². The molecule has 1 aliphatic heterocycles. The van der Waals surface area contributed by atoms with Crippen LogP contribution in [0.25, 0.3) is 11.1 Å². The second kappa shape index (κ2) is 6.97. The quantitative estimate of drug-likeness (QED) is 0.492. The van der Waals surface area contributed by atoms with Gasteiger partial charge in [-0.15, -0.1) is 0 Å². The lowest BCUT2D eigenvalue weighted by molar-refractivity contribution is -0.385. The van der Waals surface area contributed by atoms with Crippen LogP contribution in [-0.2, 0) is 10.0 Å². The van der Waals surface area contributed by atoms with Crippen molar-refractivity contribution in [3.8, 4) is 0 Å². The van der Waals surface area contributed by atoms with E-state index in [-0.39, 0.29) is 29.3 Å². The molecule has 2 aromatic heterocycles. The molecule has 152 valence electrons. The lowest BCUT2D eigenvalue weighted by atomic mass is 10.2. The van der Waals surface area contributed by atoms with Gasteiger partial charge in [-0.1, -0.05) is 0 Å². The Labute approximate surface area is 164 Å². The zero-order chi connectivity index (χ0) is 20.8. The number of piperazine rings is 1. The van der Waals surface area contributed by atoms with E-state index >= 15 is 0 Å². The summed E-state index contributed by atoms with van der Waals surface area (Å²) in [4.78, 5) is 30.2. The fourth-order valence-corrected chi connectivity index (χ4v) is 4.80. The second-order valence-corrected chi connectivity index (χ2v) is 8.59. The van der Waals surface area contributed by atoms with E-state index in [1.54, 1.807) is 6.92 Å². The van der Waals surface area contributed by atoms with Crippen molar-refractivity contribution in [2.45, 2.75) is 11.8 Å². The number of nitro groups is 1. The van der Waals surface area contributed by atoms with Gasteiger partial charge >= 0.3 is 5.76 Å². The van der Waals surface area contributed by atoms with Crippen LogP contribution in [0.3, 0.4) is 0 Å². The van der Waals surface area contributed by atoms with Crippen molar-refractivity contribution in [2.24, 2.45) is 0 Å². The van der Waals surface area contributed by atoms with Crippen LogP contribution < -0.4 is 10.7 Å². The van der Waals surface area contributed by atoms with E-state index in [0.29, 0.717) is 30.0 Å². The van der Waals surface area contributed by atoms with E-state index in [0.717, 1.165) is 0 Å². The van der Waals surface area contributed by atoms with E-state index in [2.05, 4.69) is 9.97 Å². The third kappa shape index (κ3) is 3.47. The van der Waals surface area contributed by atoms with Crippen LogP contribution in [0.1, 0.15) is 5.56 Å². The van der Waals surface area contributed by atoms with Crippen LogP contribution in [0.4, 0.5) is 11.5 Å². The van der Waals surface area contributed by atoms with Gasteiger partial charge in [-0.2, -0.15) is 4.31 Å². The van der Waals surface area contributed by atoms with E-state index in [9.17, 15) is 23.3 Å². The predicted octanol–water partition coefficient (Wildman–Crippen LogP) is 1.24. The Hall–Kier alpha value is -3.25. The van der Waals surface area contributed by atoms with Crippen molar-refractivity contribution >= 4 is 32.6 Å². The summed E-state index contributed by atoms with van der Waals surface area (Å²) < 4.78 is 32.2. The minimum Gasteiger partial charge on any atom is -0.408 e. The maximum Gasteiger partial charge on any atom is 0.417 e. The highest BCUT2D eigenvalue weighted by molar-refractivity contribution is 7.89. The number of hydrogen-bond acceptors (Lipinski definition) is 8. The van der Waals surface area contributed by atoms with Gasteiger partial charge in [0.1, 0.15) is 12.0 Å². The van der Waals surface area contributed by atoms with Crippen LogP contribution in [0, 0.1) is 17.0 Å². The fraction of sp³-hybridized carbons (Fsp3) is 0.294. The number of anilines is 1. The maximum atomic E-state index is 13.0. The first-order valence-electron chi connectivity index (χ1n) is 8.75. The van der Waals surface area contributed by atoms with Crippen molar-refractivity contribution < 1.29 is 17.8 Å². The smallest absolute Gasteiger partial charge is 0.408 e. The Bertz CT molecular complexity index is 1260. The van der Waals surface area contributed by atoms with Crippen molar-refractivity contribution in [1.82, 2.24) is 14.3 Å². The van der Waals surface area contributed by atoms with E-state index in [4.69, 9.17) is 4.42 Å². The predicted molar refractivity (Wildman–Crippen MR) is 103 cm³/mol. The van der Waals surface area contributed by atoms with Gasteiger partial charge in [0.15, 0.2) is 5.58 Å². The van der Waals surface area contributed by atoms with Crippen LogP contribution in [-0.4, -0.2) is 53.8 Å². The van der Waals surface area contributed by atoms with E-state index in [1.807, 2.05) is 4.90 Å². The third-order valence-electron chi connectivity index (χ3n) is 4.82. The highest BCUT2D eigenvalue weighted by Gasteiger charge is 2.30. The highest BCUT2D eigenvalue weighted by Crippen LogP contribution is 2.25. The van der Waals surface area contributed by atoms with Crippen molar-refractivity contribution in [3.05, 3.63) is 56.7 Å². The highest BCUT2D eigenvalue weighted by atomic mass is 32.2. The molecule has 3 heterocycles. The number of hydrogen-bond donors (Lipinski definition) is 1. The van der Waals surface area contributed by atoms with Crippen LogP contribution in [0.5, 0.6) is 0 Å². The number of nitrogens with one attached hydrogen (secondary N) is 1. The number of aromatic amines is 1. The molecule has 1 aliphatic rings. The molecule has 0 radical (unpaired) electrons. The topological polar surface area (TPSA) is 143 Å². The summed E-state index contributed by atoms with van der Waals surface area (Å²) >= 11 is 0. The average Bonchev–Trinajstić information content (AvgIpc) is 3.07. The first kappa shape index (κ1) is 19.1. The molecule has 1 N–H and O–H groups in total. The summed E-state index contributed by atoms with van der Waals surface area (Å²) in [6, 6.07) is 5.70. The molecule has 29 heavy (non-hydrogen) atoms. The van der Waals surface area contributed by atoms with Gasteiger partial charge in [-0.25, -0.2) is 18.2 Å². The molecular weight excluding hydrogens is 402 g/mol. The number of aromatic nitrogens is 2. The molecule has 0 unspecified atom stereocenters. The zero-order valence-electron chi connectivity index (χ0n) is 15.4. The molecule has 0 saturated carbocycles. The summed E-state index contributed by atoms with van der Waals surface area (Å²) in [5.74, 6) is -0.0442. The number of oxazole rings is 1. The summed E-state index contributed by atoms with van der Waals surface area (Å²) in [5, 5.41) is 10.9. The van der Waals surface area contributed by atoms with Gasteiger partial charge in [-0.3, -0.25) is 15.1 Å². The van der Waals surface area contributed by atoms with Gasteiger partial charge in [-0.05, 0) is 24.6 Å². The van der Waals surface area contributed by atoms with E-state index in [1.165, 1.54) is 34.8 Å². The van der Waals surface area contributed by atoms with Gasteiger partial charge in [0, 0.05) is 38.3 Å². The summed E-state index contributed by atoms with van der Waals surface area (Å²) in [6.45, 7) is 2.99. The van der Waals surface area contributed by atoms with Crippen molar-refractivity contribution in [2.75, 3.05) is 31.1 Å². The summed E-state index contributed by atoms with van der Waals surface area (Å²) in [5.41, 5.74) is 1.18. The third-order valence-corrected chi connectivity index (χ3v) is 6.71. The molecule has 4 rings (SSSR count). The minimum atomic E-state index is -3.76.